The highest BCUT2D eigenvalue weighted by Gasteiger charge is 2.44. The Hall–Kier alpha value is -1.43. The molecule has 2 rings (SSSR count). The van der Waals surface area contributed by atoms with Gasteiger partial charge >= 0.3 is 0 Å². The number of nitrogens with zero attached hydrogens (tertiary/aromatic N) is 4. The number of likely N-dealkylation sites (tertiary alicyclic amines) is 2. The molecule has 0 spiro atoms. The molecule has 2 saturated heterocycles. The Bertz CT molecular complexity index is 494. The highest BCUT2D eigenvalue weighted by Crippen LogP contribution is 2.30. The minimum atomic E-state index is -0.491. The molecule has 0 aliphatic carbocycles. The van der Waals surface area contributed by atoms with E-state index in [-0.39, 0.29) is 11.5 Å². The molecule has 0 N–H and O–H groups in total. The van der Waals surface area contributed by atoms with Crippen LogP contribution in [-0.4, -0.2) is 67.4 Å². The molecule has 0 amide bonds. The Morgan fingerprint density at radius 2 is 1.48 bits per heavy atom. The number of carbonyl (C=O) groups excluding carboxylic acids is 1. The van der Waals surface area contributed by atoms with Crippen LogP contribution in [0.5, 0.6) is 0 Å². The summed E-state index contributed by atoms with van der Waals surface area (Å²) in [6.45, 7) is 24.0. The van der Waals surface area contributed by atoms with Crippen LogP contribution >= 0.6 is 0 Å². The second kappa shape index (κ2) is 7.90. The zero-order valence-corrected chi connectivity index (χ0v) is 15.2. The maximum absolute atomic E-state index is 10.7. The topological polar surface area (TPSA) is 32.3 Å². The van der Waals surface area contributed by atoms with Gasteiger partial charge in [0.15, 0.2) is 0 Å². The molecule has 0 aromatic heterocycles. The third kappa shape index (κ3) is 4.77. The summed E-state index contributed by atoms with van der Waals surface area (Å²) in [6.07, 6.45) is 2.92. The average Bonchev–Trinajstić information content (AvgIpc) is 2.52. The molecular weight excluding hydrogens is 288 g/mol. The molecular formula is C18H30N4O. The van der Waals surface area contributed by atoms with E-state index in [4.69, 9.17) is 13.1 Å². The summed E-state index contributed by atoms with van der Waals surface area (Å²) in [6, 6.07) is 0. The summed E-state index contributed by atoms with van der Waals surface area (Å²) in [5, 5.41) is 0. The number of hydrogen-bond acceptors (Lipinski definition) is 3. The van der Waals surface area contributed by atoms with Gasteiger partial charge in [0, 0.05) is 19.8 Å². The van der Waals surface area contributed by atoms with Crippen molar-refractivity contribution in [1.82, 2.24) is 9.80 Å². The van der Waals surface area contributed by atoms with Gasteiger partial charge in [-0.2, -0.15) is 0 Å². The fraction of sp³-hybridized carbons (Fsp3) is 0.833. The van der Waals surface area contributed by atoms with Gasteiger partial charge < -0.3 is 14.5 Å². The Morgan fingerprint density at radius 3 is 1.91 bits per heavy atom. The standard InChI is InChI=1S/C9H14N2O.C9H16N2/c1-9(10-2)7-11(3)5-4-8(9)6-12;1-8-5-6-11(4)7-9(8,2)10-3/h6,8H,4-5,7H2,1,3H3;8H,5-7H2,1-2,4H3. The Morgan fingerprint density at radius 1 is 1.00 bits per heavy atom. The predicted molar refractivity (Wildman–Crippen MR) is 93.0 cm³/mol. The quantitative estimate of drug-likeness (QED) is 0.550. The van der Waals surface area contributed by atoms with Crippen molar-refractivity contribution >= 4 is 6.29 Å². The van der Waals surface area contributed by atoms with Crippen LogP contribution in [0.4, 0.5) is 0 Å². The molecule has 0 aromatic rings. The summed E-state index contributed by atoms with van der Waals surface area (Å²) in [7, 11) is 4.08. The third-order valence-electron chi connectivity index (χ3n) is 5.48. The lowest BCUT2D eigenvalue weighted by molar-refractivity contribution is -0.113. The van der Waals surface area contributed by atoms with E-state index in [2.05, 4.69) is 40.4 Å². The van der Waals surface area contributed by atoms with E-state index in [0.717, 1.165) is 38.8 Å². The van der Waals surface area contributed by atoms with Crippen LogP contribution in [0.25, 0.3) is 9.69 Å². The minimum Gasteiger partial charge on any atom is -0.309 e. The van der Waals surface area contributed by atoms with Gasteiger partial charge in [0.1, 0.15) is 6.29 Å². The molecule has 0 aromatic carbocycles. The van der Waals surface area contributed by atoms with Crippen molar-refractivity contribution in [2.75, 3.05) is 40.3 Å². The van der Waals surface area contributed by atoms with Gasteiger partial charge in [-0.15, -0.1) is 0 Å². The van der Waals surface area contributed by atoms with Crippen LogP contribution in [0.3, 0.4) is 0 Å². The Kier molecular flexibility index (Phi) is 6.74. The number of rotatable bonds is 1. The lowest BCUT2D eigenvalue weighted by atomic mass is 9.81. The summed E-state index contributed by atoms with van der Waals surface area (Å²) in [5.74, 6) is 0.474. The third-order valence-corrected chi connectivity index (χ3v) is 5.48. The molecule has 2 fully saturated rings. The van der Waals surface area contributed by atoms with Crippen molar-refractivity contribution in [3.63, 3.8) is 0 Å². The van der Waals surface area contributed by atoms with E-state index in [1.54, 1.807) is 0 Å². The fourth-order valence-corrected chi connectivity index (χ4v) is 3.40. The van der Waals surface area contributed by atoms with Gasteiger partial charge in [-0.25, -0.2) is 13.1 Å². The van der Waals surface area contributed by atoms with Crippen molar-refractivity contribution in [2.45, 2.75) is 44.7 Å². The van der Waals surface area contributed by atoms with Gasteiger partial charge in [0.2, 0.25) is 5.54 Å². The second-order valence-corrected chi connectivity index (χ2v) is 7.63. The van der Waals surface area contributed by atoms with Crippen molar-refractivity contribution in [3.05, 3.63) is 22.8 Å². The lowest BCUT2D eigenvalue weighted by Crippen LogP contribution is -2.49. The highest BCUT2D eigenvalue weighted by molar-refractivity contribution is 5.57. The molecule has 2 aliphatic heterocycles. The maximum atomic E-state index is 10.7. The molecule has 4 unspecified atom stereocenters. The van der Waals surface area contributed by atoms with Gasteiger partial charge in [-0.1, -0.05) is 6.92 Å². The van der Waals surface area contributed by atoms with E-state index < -0.39 is 5.54 Å². The normalized spacial score (nSPS) is 38.6. The van der Waals surface area contributed by atoms with Crippen molar-refractivity contribution in [3.8, 4) is 0 Å². The highest BCUT2D eigenvalue weighted by atomic mass is 16.1. The van der Waals surface area contributed by atoms with Crippen LogP contribution in [0.2, 0.25) is 0 Å². The number of piperidine rings is 2. The zero-order chi connectivity index (χ0) is 17.7. The van der Waals surface area contributed by atoms with Gasteiger partial charge in [0.05, 0.1) is 19.0 Å². The zero-order valence-electron chi connectivity index (χ0n) is 15.2. The molecule has 128 valence electrons. The van der Waals surface area contributed by atoms with Crippen LogP contribution in [0.1, 0.15) is 33.6 Å². The van der Waals surface area contributed by atoms with E-state index in [9.17, 15) is 4.79 Å². The lowest BCUT2D eigenvalue weighted by Gasteiger charge is -2.34. The molecule has 4 atom stereocenters. The maximum Gasteiger partial charge on any atom is 0.251 e. The number of hydrogen-bond donors (Lipinski definition) is 0. The van der Waals surface area contributed by atoms with Gasteiger partial charge in [-0.3, -0.25) is 9.80 Å². The number of aldehydes is 1. The summed E-state index contributed by atoms with van der Waals surface area (Å²) >= 11 is 0. The average molecular weight is 318 g/mol. The Labute approximate surface area is 141 Å². The van der Waals surface area contributed by atoms with Crippen molar-refractivity contribution in [1.29, 1.82) is 0 Å². The first kappa shape index (κ1) is 19.6. The number of carbonyl (C=O) groups is 1. The van der Waals surface area contributed by atoms with Crippen LogP contribution in [0, 0.1) is 25.0 Å². The monoisotopic (exact) mass is 318 g/mol. The fourth-order valence-electron chi connectivity index (χ4n) is 3.40. The molecule has 2 aliphatic rings. The van der Waals surface area contributed by atoms with Gasteiger partial charge in [0.25, 0.3) is 5.54 Å². The number of likely N-dealkylation sites (N-methyl/N-ethyl adjacent to an activating group) is 2. The smallest absolute Gasteiger partial charge is 0.251 e. The summed E-state index contributed by atoms with van der Waals surface area (Å²) in [5.41, 5.74) is -0.623. The molecule has 5 nitrogen and oxygen atoms in total. The van der Waals surface area contributed by atoms with Crippen LogP contribution in [-0.2, 0) is 4.79 Å². The Balaban J connectivity index is 0.000000231. The van der Waals surface area contributed by atoms with E-state index >= 15 is 0 Å². The second-order valence-electron chi connectivity index (χ2n) is 7.63. The first-order chi connectivity index (χ1) is 10.7. The molecule has 0 bridgehead atoms. The molecule has 23 heavy (non-hydrogen) atoms. The van der Waals surface area contributed by atoms with Crippen molar-refractivity contribution < 1.29 is 4.79 Å². The van der Waals surface area contributed by atoms with Crippen LogP contribution < -0.4 is 0 Å². The predicted octanol–water partition coefficient (Wildman–Crippen LogP) is 2.45. The van der Waals surface area contributed by atoms with Crippen molar-refractivity contribution in [2.24, 2.45) is 11.8 Å². The summed E-state index contributed by atoms with van der Waals surface area (Å²) in [4.78, 5) is 22.3. The first-order valence-corrected chi connectivity index (χ1v) is 8.30. The SMILES string of the molecule is [C-]#[N+]C1(C)CN(C)CCC1C.[C-]#[N+]C1(C)CN(C)CCC1C=O. The van der Waals surface area contributed by atoms with E-state index in [0.29, 0.717) is 12.5 Å². The molecule has 2 heterocycles. The van der Waals surface area contributed by atoms with Gasteiger partial charge in [-0.05, 0) is 40.0 Å². The molecule has 5 heteroatoms. The van der Waals surface area contributed by atoms with Crippen LogP contribution in [0.15, 0.2) is 0 Å². The largest absolute Gasteiger partial charge is 0.309 e. The molecule has 0 radical (unpaired) electrons. The molecule has 0 saturated carbocycles. The van der Waals surface area contributed by atoms with E-state index in [1.807, 2.05) is 14.0 Å². The minimum absolute atomic E-state index is 0.0776. The first-order valence-electron chi connectivity index (χ1n) is 8.30. The van der Waals surface area contributed by atoms with E-state index in [1.165, 1.54) is 0 Å². The summed E-state index contributed by atoms with van der Waals surface area (Å²) < 4.78 is 0.